The Morgan fingerprint density at radius 1 is 1.33 bits per heavy atom. The Morgan fingerprint density at radius 2 is 2.07 bits per heavy atom. The summed E-state index contributed by atoms with van der Waals surface area (Å²) in [6, 6.07) is 8.54. The number of aliphatic carboxylic acids is 1. The van der Waals surface area contributed by atoms with Gasteiger partial charge in [0.25, 0.3) is 0 Å². The van der Waals surface area contributed by atoms with Crippen molar-refractivity contribution >= 4 is 23.5 Å². The van der Waals surface area contributed by atoms with E-state index in [2.05, 4.69) is 56.2 Å². The molecule has 0 bridgehead atoms. The van der Waals surface area contributed by atoms with Crippen LogP contribution in [0.15, 0.2) is 36.4 Å². The minimum absolute atomic E-state index is 0.312. The van der Waals surface area contributed by atoms with E-state index in [1.54, 1.807) is 18.9 Å². The Hall–Kier alpha value is -2.03. The van der Waals surface area contributed by atoms with Crippen molar-refractivity contribution in [3.8, 4) is 12.8 Å². The minimum Gasteiger partial charge on any atom is -0.481 e. The molecule has 0 unspecified atom stereocenters. The van der Waals surface area contributed by atoms with Gasteiger partial charge in [-0.2, -0.15) is 11.8 Å². The maximum absolute atomic E-state index is 11.2. The first-order valence-electron chi connectivity index (χ1n) is 10.4. The topological polar surface area (TPSA) is 63.6 Å². The second-order valence-corrected chi connectivity index (χ2v) is 8.35. The van der Waals surface area contributed by atoms with Crippen LogP contribution in [-0.2, 0) is 27.4 Å². The Morgan fingerprint density at radius 3 is 2.67 bits per heavy atom. The summed E-state index contributed by atoms with van der Waals surface area (Å²) >= 11 is 1.79. The molecule has 4 nitrogen and oxygen atoms in total. The summed E-state index contributed by atoms with van der Waals surface area (Å²) in [5, 5.41) is 8.20. The van der Waals surface area contributed by atoms with Crippen molar-refractivity contribution in [3.05, 3.63) is 47.5 Å². The van der Waals surface area contributed by atoms with E-state index >= 15 is 0 Å². The molecule has 1 atom stereocenters. The lowest BCUT2D eigenvalue weighted by Gasteiger charge is -2.04. The number of methoxy groups -OCH3 is 1. The first-order chi connectivity index (χ1) is 14.5. The lowest BCUT2D eigenvalue weighted by atomic mass is 10.0. The molecule has 0 aliphatic heterocycles. The van der Waals surface area contributed by atoms with E-state index < -0.39 is 5.97 Å². The largest absolute Gasteiger partial charge is 0.481 e. The van der Waals surface area contributed by atoms with E-state index in [4.69, 9.17) is 9.84 Å². The molecule has 0 spiro atoms. The van der Waals surface area contributed by atoms with Gasteiger partial charge in [0, 0.05) is 26.4 Å². The molecule has 1 aliphatic rings. The van der Waals surface area contributed by atoms with Crippen LogP contribution in [0, 0.1) is 18.8 Å². The van der Waals surface area contributed by atoms with Gasteiger partial charge in [-0.25, -0.2) is 0 Å². The van der Waals surface area contributed by atoms with Crippen LogP contribution in [0.3, 0.4) is 0 Å². The van der Waals surface area contributed by atoms with Crippen molar-refractivity contribution in [2.75, 3.05) is 18.6 Å². The highest BCUT2D eigenvalue weighted by Gasteiger charge is 2.18. The number of benzene rings is 1. The van der Waals surface area contributed by atoms with E-state index in [1.807, 2.05) is 0 Å². The quantitative estimate of drug-likeness (QED) is 0.282. The molecule has 0 saturated heterocycles. The lowest BCUT2D eigenvalue weighted by molar-refractivity contribution is -0.137. The van der Waals surface area contributed by atoms with Crippen molar-refractivity contribution in [2.45, 2.75) is 58.5 Å². The normalized spacial score (nSPS) is 15.2. The Bertz CT molecular complexity index is 652. The van der Waals surface area contributed by atoms with Crippen molar-refractivity contribution in [1.29, 1.82) is 0 Å². The molecule has 1 N–H and O–H groups in total. The molecule has 1 aromatic rings. The fourth-order valence-electron chi connectivity index (χ4n) is 3.06. The molecule has 0 aromatic heterocycles. The van der Waals surface area contributed by atoms with Gasteiger partial charge in [0.15, 0.2) is 0 Å². The molecule has 2 rings (SSSR count). The third kappa shape index (κ3) is 14.9. The van der Waals surface area contributed by atoms with Gasteiger partial charge >= 0.3 is 5.97 Å². The van der Waals surface area contributed by atoms with Gasteiger partial charge in [0.2, 0.25) is 0 Å². The Balaban J connectivity index is 0.000000648. The molecule has 0 amide bonds. The number of carbonyl (C=O) groups excluding carboxylic acids is 1. The molecule has 1 saturated carbocycles. The highest BCUT2D eigenvalue weighted by molar-refractivity contribution is 7.99. The van der Waals surface area contributed by atoms with Crippen molar-refractivity contribution in [1.82, 2.24) is 0 Å². The zero-order valence-electron chi connectivity index (χ0n) is 18.3. The number of thioether (sulfide) groups is 1. The van der Waals surface area contributed by atoms with E-state index in [0.29, 0.717) is 24.7 Å². The number of carboxylic acids is 1. The molecule has 5 heteroatoms. The van der Waals surface area contributed by atoms with E-state index in [9.17, 15) is 9.59 Å². The third-order valence-corrected chi connectivity index (χ3v) is 5.46. The molecule has 1 fully saturated rings. The van der Waals surface area contributed by atoms with Gasteiger partial charge in [-0.05, 0) is 54.2 Å². The van der Waals surface area contributed by atoms with E-state index in [-0.39, 0.29) is 0 Å². The predicted octanol–water partition coefficient (Wildman–Crippen LogP) is 5.54. The van der Waals surface area contributed by atoms with Gasteiger partial charge in [0.05, 0.1) is 6.61 Å². The van der Waals surface area contributed by atoms with Gasteiger partial charge in [-0.15, -0.1) is 12.8 Å². The molecular weight excluding hydrogens is 396 g/mol. The Labute approximate surface area is 186 Å². The van der Waals surface area contributed by atoms with E-state index in [0.717, 1.165) is 50.0 Å². The summed E-state index contributed by atoms with van der Waals surface area (Å²) in [5.41, 5.74) is 2.58. The molecular formula is C25H36O4S. The third-order valence-electron chi connectivity index (χ3n) is 4.48. The van der Waals surface area contributed by atoms with Gasteiger partial charge in [-0.1, -0.05) is 43.3 Å². The van der Waals surface area contributed by atoms with Gasteiger partial charge < -0.3 is 9.84 Å². The number of carbonyl (C=O) groups is 2. The summed E-state index contributed by atoms with van der Waals surface area (Å²) in [6.45, 7) is 2.75. The van der Waals surface area contributed by atoms with Crippen LogP contribution in [0.25, 0.3) is 0 Å². The van der Waals surface area contributed by atoms with Gasteiger partial charge in [0.1, 0.15) is 5.78 Å². The summed E-state index contributed by atoms with van der Waals surface area (Å²) in [4.78, 5) is 21.1. The number of Topliss-reactive ketones (excluding diaryl/α,β-unsaturated/α-hetero) is 1. The summed E-state index contributed by atoms with van der Waals surface area (Å²) in [5.74, 6) is 2.28. The second-order valence-electron chi connectivity index (χ2n) is 6.96. The fraction of sp³-hybridized carbons (Fsp3) is 0.520. The zero-order chi connectivity index (χ0) is 22.6. The number of carboxylic acid groups (broad SMARTS) is 1. The average Bonchev–Trinajstić information content (AvgIpc) is 3.16. The standard InChI is InChI=1S/C17H22O2.C6H12O2S.C2H2/c1-19-13-16-8-4-7-14(11-16)5-2-3-6-15-9-10-17(18)12-15;1-2-9-5-3-4-6(7)8;1-2/h3-4,6-8,11,15H,2,5,9-10,12-13H2,1H3;2-5H2,1H3,(H,7,8);1-2H/b6-3+;;/t15-;;/m0../s1. The maximum atomic E-state index is 11.2. The number of aryl methyl sites for hydroxylation is 1. The van der Waals surface area contributed by atoms with Crippen molar-refractivity contribution in [3.63, 3.8) is 0 Å². The smallest absolute Gasteiger partial charge is 0.303 e. The number of rotatable bonds is 11. The van der Waals surface area contributed by atoms with Crippen LogP contribution in [0.1, 0.15) is 56.6 Å². The molecule has 0 heterocycles. The van der Waals surface area contributed by atoms with Crippen LogP contribution in [0.4, 0.5) is 0 Å². The van der Waals surface area contributed by atoms with Crippen LogP contribution in [-0.4, -0.2) is 35.5 Å². The highest BCUT2D eigenvalue weighted by atomic mass is 32.2. The summed E-state index contributed by atoms with van der Waals surface area (Å²) in [6.07, 6.45) is 18.2. The van der Waals surface area contributed by atoms with Crippen LogP contribution in [0.2, 0.25) is 0 Å². The average molecular weight is 433 g/mol. The monoisotopic (exact) mass is 432 g/mol. The van der Waals surface area contributed by atoms with Crippen LogP contribution >= 0.6 is 11.8 Å². The molecule has 1 aliphatic carbocycles. The number of ether oxygens (including phenoxy) is 1. The summed E-state index contributed by atoms with van der Waals surface area (Å²) < 4.78 is 5.14. The second kappa shape index (κ2) is 19.0. The molecule has 1 aromatic carbocycles. The molecule has 30 heavy (non-hydrogen) atoms. The number of hydrogen-bond acceptors (Lipinski definition) is 4. The number of hydrogen-bond donors (Lipinski definition) is 1. The minimum atomic E-state index is -0.688. The van der Waals surface area contributed by atoms with E-state index in [1.165, 1.54) is 11.1 Å². The predicted molar refractivity (Wildman–Crippen MR) is 127 cm³/mol. The van der Waals surface area contributed by atoms with Crippen LogP contribution in [0.5, 0.6) is 0 Å². The fourth-order valence-corrected chi connectivity index (χ4v) is 3.69. The Kier molecular flexibility index (Phi) is 17.7. The summed E-state index contributed by atoms with van der Waals surface area (Å²) in [7, 11) is 1.72. The highest BCUT2D eigenvalue weighted by Crippen LogP contribution is 2.23. The first-order valence-corrected chi connectivity index (χ1v) is 11.6. The number of allylic oxidation sites excluding steroid dienone is 2. The number of ketones is 1. The first kappa shape index (κ1) is 28.0. The number of terminal acetylenes is 1. The van der Waals surface area contributed by atoms with Crippen molar-refractivity contribution < 1.29 is 19.4 Å². The van der Waals surface area contributed by atoms with Crippen molar-refractivity contribution in [2.24, 2.45) is 5.92 Å². The molecule has 166 valence electrons. The SMILES string of the molecule is C#C.CCSCCCC(=O)O.COCc1cccc(CC/C=C/[C@H]2CCC(=O)C2)c1. The lowest BCUT2D eigenvalue weighted by Crippen LogP contribution is -1.94. The van der Waals surface area contributed by atoms with Crippen LogP contribution < -0.4 is 0 Å². The molecule has 0 radical (unpaired) electrons. The maximum Gasteiger partial charge on any atom is 0.303 e. The van der Waals surface area contributed by atoms with Gasteiger partial charge in [-0.3, -0.25) is 9.59 Å². The zero-order valence-corrected chi connectivity index (χ0v) is 19.2.